The van der Waals surface area contributed by atoms with Gasteiger partial charge in [-0.2, -0.15) is 0 Å². The lowest BCUT2D eigenvalue weighted by Crippen LogP contribution is -2.51. The minimum absolute atomic E-state index is 0.0531. The number of likely N-dealkylation sites (N-methyl/N-ethyl adjacent to an activating group) is 1. The van der Waals surface area contributed by atoms with Crippen molar-refractivity contribution in [3.8, 4) is 5.75 Å². The number of methoxy groups -OCH3 is 1. The molecule has 2 unspecified atom stereocenters. The zero-order valence-corrected chi connectivity index (χ0v) is 27.0. The average Bonchev–Trinajstić information content (AvgIpc) is 3.50. The number of ether oxygens (including phenoxy) is 1. The fourth-order valence-electron chi connectivity index (χ4n) is 8.27. The molecule has 3 aliphatic carbocycles. The molecule has 2 aliphatic heterocycles. The van der Waals surface area contributed by atoms with Gasteiger partial charge in [-0.1, -0.05) is 12.8 Å². The second kappa shape index (κ2) is 12.4. The molecule has 2 amide bonds. The lowest BCUT2D eigenvalue weighted by Gasteiger charge is -2.41. The first-order valence-electron chi connectivity index (χ1n) is 16.9. The number of hydrogen-bond donors (Lipinski definition) is 2. The highest BCUT2D eigenvalue weighted by atomic mass is 16.5. The Kier molecular flexibility index (Phi) is 8.33. The monoisotopic (exact) mass is 616 g/mol. The number of hydrogen-bond acceptors (Lipinski definition) is 9. The summed E-state index contributed by atoms with van der Waals surface area (Å²) >= 11 is 0. The smallest absolute Gasteiger partial charge is 0.251 e. The number of amides is 2. The number of fused-ring (bicyclic) bond motifs is 1. The molecule has 4 fully saturated rings. The summed E-state index contributed by atoms with van der Waals surface area (Å²) in [5, 5.41) is 6.91. The van der Waals surface area contributed by atoms with Crippen LogP contribution in [0.1, 0.15) is 68.1 Å². The van der Waals surface area contributed by atoms with Crippen LogP contribution in [0.2, 0.25) is 0 Å². The molecule has 0 radical (unpaired) electrons. The molecule has 11 heteroatoms. The Balaban J connectivity index is 1.00. The van der Waals surface area contributed by atoms with Gasteiger partial charge in [0.05, 0.1) is 24.4 Å². The first-order chi connectivity index (χ1) is 21.9. The minimum atomic E-state index is -0.567. The molecule has 2 atom stereocenters. The summed E-state index contributed by atoms with van der Waals surface area (Å²) < 4.78 is 5.77. The quantitative estimate of drug-likeness (QED) is 0.485. The van der Waals surface area contributed by atoms with E-state index >= 15 is 0 Å². The molecule has 1 spiro atoms. The zero-order chi connectivity index (χ0) is 31.1. The molecule has 0 bridgehead atoms. The topological polar surface area (TPSA) is 106 Å². The molecule has 2 aromatic rings. The fraction of sp³-hybridized carbons (Fsp3) is 0.647. The molecule has 1 aromatic carbocycles. The van der Waals surface area contributed by atoms with E-state index in [-0.39, 0.29) is 23.9 Å². The number of nitrogens with zero attached hydrogens (tertiary/aromatic N) is 6. The fourth-order valence-corrected chi connectivity index (χ4v) is 8.27. The van der Waals surface area contributed by atoms with Crippen LogP contribution in [-0.4, -0.2) is 110 Å². The maximum atomic E-state index is 14.0. The van der Waals surface area contributed by atoms with E-state index < -0.39 is 5.41 Å². The van der Waals surface area contributed by atoms with Crippen molar-refractivity contribution in [3.05, 3.63) is 36.3 Å². The number of rotatable bonds is 7. The van der Waals surface area contributed by atoms with Crippen LogP contribution in [-0.2, 0) is 4.79 Å². The van der Waals surface area contributed by atoms with Gasteiger partial charge in [-0.05, 0) is 70.2 Å². The van der Waals surface area contributed by atoms with Crippen molar-refractivity contribution in [1.82, 2.24) is 25.1 Å². The predicted octanol–water partition coefficient (Wildman–Crippen LogP) is 3.37. The number of benzene rings is 1. The van der Waals surface area contributed by atoms with E-state index in [0.717, 1.165) is 88.3 Å². The van der Waals surface area contributed by atoms with Gasteiger partial charge in [0.25, 0.3) is 5.91 Å². The highest BCUT2D eigenvalue weighted by Crippen LogP contribution is 2.54. The van der Waals surface area contributed by atoms with Crippen molar-refractivity contribution in [3.63, 3.8) is 0 Å². The van der Waals surface area contributed by atoms with Crippen LogP contribution < -0.4 is 25.2 Å². The molecule has 5 aliphatic rings. The Bertz CT molecular complexity index is 1400. The van der Waals surface area contributed by atoms with E-state index in [0.29, 0.717) is 29.9 Å². The summed E-state index contributed by atoms with van der Waals surface area (Å²) in [5.74, 6) is 1.50. The third kappa shape index (κ3) is 5.85. The summed E-state index contributed by atoms with van der Waals surface area (Å²) in [4.78, 5) is 45.3. The van der Waals surface area contributed by atoms with Gasteiger partial charge < -0.3 is 30.1 Å². The van der Waals surface area contributed by atoms with Crippen molar-refractivity contribution in [1.29, 1.82) is 0 Å². The zero-order valence-electron chi connectivity index (χ0n) is 27.0. The summed E-state index contributed by atoms with van der Waals surface area (Å²) in [7, 11) is 5.67. The Hall–Kier alpha value is -3.44. The van der Waals surface area contributed by atoms with Gasteiger partial charge in [0.15, 0.2) is 5.82 Å². The third-order valence-corrected chi connectivity index (χ3v) is 11.2. The first-order valence-corrected chi connectivity index (χ1v) is 16.9. The number of nitrogens with one attached hydrogen (secondary N) is 2. The van der Waals surface area contributed by atoms with Crippen LogP contribution in [0.5, 0.6) is 5.75 Å². The van der Waals surface area contributed by atoms with Gasteiger partial charge in [-0.3, -0.25) is 14.5 Å². The third-order valence-electron chi connectivity index (χ3n) is 11.2. The second-order valence-electron chi connectivity index (χ2n) is 14.0. The van der Waals surface area contributed by atoms with Gasteiger partial charge in [-0.15, -0.1) is 0 Å². The molecule has 11 nitrogen and oxygen atoms in total. The Morgan fingerprint density at radius 2 is 1.76 bits per heavy atom. The number of carbonyl (C=O) groups excluding carboxylic acids is 2. The second-order valence-corrected chi connectivity index (χ2v) is 14.0. The van der Waals surface area contributed by atoms with Crippen LogP contribution in [0.4, 0.5) is 17.2 Å². The number of anilines is 3. The lowest BCUT2D eigenvalue weighted by molar-refractivity contribution is -0.123. The number of aromatic nitrogens is 2. The average molecular weight is 617 g/mol. The predicted molar refractivity (Wildman–Crippen MR) is 175 cm³/mol. The van der Waals surface area contributed by atoms with Gasteiger partial charge in [-0.25, -0.2) is 9.97 Å². The van der Waals surface area contributed by atoms with Crippen molar-refractivity contribution in [2.75, 3.05) is 69.0 Å². The normalized spacial score (nSPS) is 29.4. The summed E-state index contributed by atoms with van der Waals surface area (Å²) in [5.41, 5.74) is 1.60. The van der Waals surface area contributed by atoms with Crippen LogP contribution in [0.15, 0.2) is 30.7 Å². The van der Waals surface area contributed by atoms with Crippen LogP contribution in [0.3, 0.4) is 0 Å². The van der Waals surface area contributed by atoms with Gasteiger partial charge in [0.2, 0.25) is 5.91 Å². The first kappa shape index (κ1) is 30.2. The maximum Gasteiger partial charge on any atom is 0.251 e. The number of carbonyl (C=O) groups is 2. The van der Waals surface area contributed by atoms with E-state index in [1.807, 2.05) is 25.2 Å². The molecule has 7 rings (SSSR count). The molecular weight excluding hydrogens is 568 g/mol. The van der Waals surface area contributed by atoms with E-state index in [4.69, 9.17) is 4.74 Å². The Morgan fingerprint density at radius 3 is 2.49 bits per heavy atom. The molecule has 1 aromatic heterocycles. The Morgan fingerprint density at radius 1 is 1.00 bits per heavy atom. The van der Waals surface area contributed by atoms with E-state index in [1.54, 1.807) is 24.5 Å². The van der Waals surface area contributed by atoms with E-state index in [9.17, 15) is 9.59 Å². The van der Waals surface area contributed by atoms with Crippen molar-refractivity contribution in [2.45, 2.75) is 82.0 Å². The van der Waals surface area contributed by atoms with Crippen LogP contribution in [0.25, 0.3) is 0 Å². The highest BCUT2D eigenvalue weighted by Gasteiger charge is 2.64. The van der Waals surface area contributed by atoms with E-state index in [2.05, 4.69) is 42.3 Å². The largest absolute Gasteiger partial charge is 0.495 e. The SMILES string of the molecule is COc1cc(C(=O)NC2CCC(N3CCN(C)CC3)CC2)ccc1NC1CC12CN(C1CCCC1)c1ncncc1N(C)C2=O. The van der Waals surface area contributed by atoms with Gasteiger partial charge in [0, 0.05) is 69.5 Å². The standard InChI is InChI=1S/C34H48N8O3/c1-39-14-16-41(17-15-39)25-11-9-24(10-12-25)37-32(43)23-8-13-27(29(18-23)45-3)38-30-19-34(30)21-42(26-6-4-5-7-26)31-28(20-35-22-36-31)40(2)33(34)44/h8,13,18,20,22,24-26,30,38H,4-7,9-12,14-17,19,21H2,1-3H3,(H,37,43). The van der Waals surface area contributed by atoms with Gasteiger partial charge >= 0.3 is 0 Å². The van der Waals surface area contributed by atoms with Crippen molar-refractivity contribution < 1.29 is 14.3 Å². The number of piperazine rings is 1. The minimum Gasteiger partial charge on any atom is -0.495 e. The molecule has 1 saturated heterocycles. The molecule has 3 saturated carbocycles. The lowest BCUT2D eigenvalue weighted by atomic mass is 9.89. The molecule has 3 heterocycles. The summed E-state index contributed by atoms with van der Waals surface area (Å²) in [6.45, 7) is 5.20. The molecular formula is C34H48N8O3. The van der Waals surface area contributed by atoms with Crippen LogP contribution in [0, 0.1) is 5.41 Å². The Labute approximate surface area is 266 Å². The highest BCUT2D eigenvalue weighted by molar-refractivity contribution is 6.04. The van der Waals surface area contributed by atoms with Crippen molar-refractivity contribution >= 4 is 29.0 Å². The summed E-state index contributed by atoms with van der Waals surface area (Å²) in [6.07, 6.45) is 13.0. The maximum absolute atomic E-state index is 14.0. The van der Waals surface area contributed by atoms with Crippen molar-refractivity contribution in [2.24, 2.45) is 5.41 Å². The summed E-state index contributed by atoms with van der Waals surface area (Å²) in [6, 6.07) is 6.77. The molecule has 242 valence electrons. The molecule has 45 heavy (non-hydrogen) atoms. The molecule has 2 N–H and O–H groups in total. The van der Waals surface area contributed by atoms with E-state index in [1.165, 1.54) is 12.8 Å². The van der Waals surface area contributed by atoms with Gasteiger partial charge in [0.1, 0.15) is 17.8 Å². The van der Waals surface area contributed by atoms with Crippen LogP contribution >= 0.6 is 0 Å².